The van der Waals surface area contributed by atoms with E-state index in [0.29, 0.717) is 0 Å². The highest BCUT2D eigenvalue weighted by atomic mass is 31.1. The minimum absolute atomic E-state index is 0.629. The van der Waals surface area contributed by atoms with E-state index in [1.807, 2.05) is 0 Å². The molecule has 0 unspecified atom stereocenters. The third-order valence-electron chi connectivity index (χ3n) is 3.90. The molecule has 0 radical (unpaired) electrons. The van der Waals surface area contributed by atoms with E-state index in [4.69, 9.17) is 0 Å². The molecule has 2 heteroatoms. The molecule has 1 aromatic heterocycles. The van der Waals surface area contributed by atoms with Crippen LogP contribution >= 0.6 is 8.07 Å². The Morgan fingerprint density at radius 3 is 1.70 bits per heavy atom. The molecule has 0 aliphatic heterocycles. The van der Waals surface area contributed by atoms with Crippen LogP contribution in [0.3, 0.4) is 0 Å². The van der Waals surface area contributed by atoms with E-state index in [9.17, 15) is 0 Å². The van der Waals surface area contributed by atoms with Crippen LogP contribution in [0.15, 0.2) is 103 Å². The third-order valence-corrected chi connectivity index (χ3v) is 6.26. The average Bonchev–Trinajstić information content (AvgIpc) is 2.64. The second-order valence-electron chi connectivity index (χ2n) is 5.39. The van der Waals surface area contributed by atoms with Gasteiger partial charge in [0.15, 0.2) is 6.20 Å². The van der Waals surface area contributed by atoms with Crippen LogP contribution in [0.5, 0.6) is 0 Å². The number of rotatable bonds is 3. The van der Waals surface area contributed by atoms with Crippen LogP contribution in [-0.4, -0.2) is 0 Å². The van der Waals surface area contributed by atoms with E-state index in [0.717, 1.165) is 0 Å². The third kappa shape index (κ3) is 2.76. The smallest absolute Gasteiger partial charge is 0.175 e. The summed E-state index contributed by atoms with van der Waals surface area (Å²) < 4.78 is 2.43. The molecule has 0 bridgehead atoms. The van der Waals surface area contributed by atoms with Crippen molar-refractivity contribution in [3.8, 4) is 0 Å². The van der Waals surface area contributed by atoms with Crippen molar-refractivity contribution in [2.75, 3.05) is 0 Å². The maximum absolute atomic E-state index is 2.43. The Balaban J connectivity index is 1.98. The Labute approximate surface area is 137 Å². The first kappa shape index (κ1) is 14.1. The number of hydrogen-bond acceptors (Lipinski definition) is 0. The molecule has 3 aromatic carbocycles. The van der Waals surface area contributed by atoms with E-state index in [1.165, 1.54) is 21.5 Å². The molecular weight excluding hydrogens is 297 g/mol. The van der Waals surface area contributed by atoms with Gasteiger partial charge in [-0.15, -0.1) is 0 Å². The Morgan fingerprint density at radius 1 is 0.522 bits per heavy atom. The van der Waals surface area contributed by atoms with Crippen molar-refractivity contribution >= 4 is 29.6 Å². The number of hydrogen-bond donors (Lipinski definition) is 0. The van der Waals surface area contributed by atoms with E-state index >= 15 is 0 Å². The van der Waals surface area contributed by atoms with Crippen LogP contribution in [-0.2, 0) is 0 Å². The van der Waals surface area contributed by atoms with Crippen LogP contribution in [0.25, 0.3) is 10.9 Å². The molecule has 0 fully saturated rings. The number of aromatic nitrogens is 1. The largest absolute Gasteiger partial charge is 0.251 e. The van der Waals surface area contributed by atoms with Crippen molar-refractivity contribution in [3.05, 3.63) is 103 Å². The van der Waals surface area contributed by atoms with Gasteiger partial charge in [-0.05, 0) is 36.4 Å². The van der Waals surface area contributed by atoms with Gasteiger partial charge in [-0.1, -0.05) is 48.5 Å². The topological polar surface area (TPSA) is 3.88 Å². The van der Waals surface area contributed by atoms with Crippen molar-refractivity contribution in [1.82, 2.24) is 0 Å². The van der Waals surface area contributed by atoms with Gasteiger partial charge in [0.05, 0.1) is 0 Å². The quantitative estimate of drug-likeness (QED) is 0.503. The van der Waals surface area contributed by atoms with E-state index in [2.05, 4.69) is 108 Å². The molecule has 1 heterocycles. The predicted octanol–water partition coefficient (Wildman–Crippen LogP) is 4.02. The molecule has 4 aromatic rings. The summed E-state index contributed by atoms with van der Waals surface area (Å²) >= 11 is 0. The van der Waals surface area contributed by atoms with Gasteiger partial charge in [-0.2, -0.15) is 4.34 Å². The van der Waals surface area contributed by atoms with Crippen LogP contribution < -0.4 is 14.9 Å². The fraction of sp³-hybridized carbons (Fsp3) is 0. The summed E-state index contributed by atoms with van der Waals surface area (Å²) in [6, 6.07) is 34.5. The molecule has 1 nitrogen and oxygen atoms in total. The van der Waals surface area contributed by atoms with Gasteiger partial charge in [-0.25, -0.2) is 0 Å². The minimum Gasteiger partial charge on any atom is -0.175 e. The summed E-state index contributed by atoms with van der Waals surface area (Å²) in [6.07, 6.45) is 2.20. The first-order valence-electron chi connectivity index (χ1n) is 7.73. The van der Waals surface area contributed by atoms with Crippen molar-refractivity contribution in [1.29, 1.82) is 0 Å². The monoisotopic (exact) mass is 314 g/mol. The summed E-state index contributed by atoms with van der Waals surface area (Å²) in [5.74, 6) is 0. The van der Waals surface area contributed by atoms with Gasteiger partial charge in [0, 0.05) is 28.1 Å². The second kappa shape index (κ2) is 6.32. The first-order chi connectivity index (χ1) is 11.4. The lowest BCUT2D eigenvalue weighted by Crippen LogP contribution is -2.38. The van der Waals surface area contributed by atoms with Crippen LogP contribution in [0.4, 0.5) is 0 Å². The molecular formula is C21H17NP+. The lowest BCUT2D eigenvalue weighted by molar-refractivity contribution is -0.476. The van der Waals surface area contributed by atoms with E-state index < -0.39 is 8.07 Å². The molecule has 0 aliphatic rings. The van der Waals surface area contributed by atoms with Crippen LogP contribution in [0.1, 0.15) is 0 Å². The summed E-state index contributed by atoms with van der Waals surface area (Å²) in [4.78, 5) is 0. The van der Waals surface area contributed by atoms with Crippen LogP contribution in [0.2, 0.25) is 0 Å². The first-order valence-corrected chi connectivity index (χ1v) is 9.03. The summed E-state index contributed by atoms with van der Waals surface area (Å²) in [6.45, 7) is 0. The maximum Gasteiger partial charge on any atom is 0.251 e. The molecule has 0 N–H and O–H groups in total. The van der Waals surface area contributed by atoms with Gasteiger partial charge in [0.25, 0.3) is 8.07 Å². The zero-order chi connectivity index (χ0) is 15.5. The SMILES string of the molecule is c1ccc(P(c2ccccc2)[n+]2cccc3ccccc32)cc1. The molecule has 0 spiro atoms. The summed E-state index contributed by atoms with van der Waals surface area (Å²) in [7, 11) is -0.629. The van der Waals surface area contributed by atoms with E-state index in [-0.39, 0.29) is 0 Å². The number of nitrogens with zero attached hydrogens (tertiary/aromatic N) is 1. The van der Waals surface area contributed by atoms with Gasteiger partial charge in [0.2, 0.25) is 5.52 Å². The fourth-order valence-electron chi connectivity index (χ4n) is 2.86. The summed E-state index contributed by atoms with van der Waals surface area (Å²) in [5.41, 5.74) is 1.27. The van der Waals surface area contributed by atoms with Crippen molar-refractivity contribution in [3.63, 3.8) is 0 Å². The number of para-hydroxylation sites is 1. The van der Waals surface area contributed by atoms with Crippen molar-refractivity contribution in [2.45, 2.75) is 0 Å². The number of fused-ring (bicyclic) bond motifs is 1. The predicted molar refractivity (Wildman–Crippen MR) is 98.6 cm³/mol. The normalized spacial score (nSPS) is 11.0. The van der Waals surface area contributed by atoms with Gasteiger partial charge in [0.1, 0.15) is 0 Å². The Kier molecular flexibility index (Phi) is 3.88. The number of benzene rings is 3. The molecule has 4 rings (SSSR count). The molecule has 0 aliphatic carbocycles. The van der Waals surface area contributed by atoms with Crippen LogP contribution in [0, 0.1) is 0 Å². The zero-order valence-electron chi connectivity index (χ0n) is 12.7. The van der Waals surface area contributed by atoms with Gasteiger partial charge < -0.3 is 0 Å². The Hall–Kier alpha value is -2.50. The maximum atomic E-state index is 2.43. The molecule has 110 valence electrons. The lowest BCUT2D eigenvalue weighted by Gasteiger charge is -2.13. The standard InChI is InChI=1S/C21H17NP/c1-3-12-19(13-4-1)23(20-14-5-2-6-15-20)22-17-9-11-18-10-7-8-16-21(18)22/h1-17H/q+1. The highest BCUT2D eigenvalue weighted by Crippen LogP contribution is 2.29. The van der Waals surface area contributed by atoms with Gasteiger partial charge in [-0.3, -0.25) is 0 Å². The second-order valence-corrected chi connectivity index (χ2v) is 7.48. The molecule has 0 amide bonds. The van der Waals surface area contributed by atoms with Crippen molar-refractivity contribution in [2.24, 2.45) is 0 Å². The Morgan fingerprint density at radius 2 is 1.04 bits per heavy atom. The molecule has 0 atom stereocenters. The zero-order valence-corrected chi connectivity index (χ0v) is 13.6. The molecule has 0 saturated carbocycles. The number of pyridine rings is 1. The minimum atomic E-state index is -0.629. The Bertz CT molecular complexity index is 875. The summed E-state index contributed by atoms with van der Waals surface area (Å²) in [5, 5.41) is 3.99. The highest BCUT2D eigenvalue weighted by Gasteiger charge is 2.27. The van der Waals surface area contributed by atoms with E-state index in [1.54, 1.807) is 0 Å². The highest BCUT2D eigenvalue weighted by molar-refractivity contribution is 7.66. The lowest BCUT2D eigenvalue weighted by atomic mass is 10.2. The average molecular weight is 314 g/mol. The fourth-order valence-corrected chi connectivity index (χ4v) is 5.17. The molecule has 23 heavy (non-hydrogen) atoms. The van der Waals surface area contributed by atoms with Crippen molar-refractivity contribution < 1.29 is 4.34 Å². The van der Waals surface area contributed by atoms with Gasteiger partial charge >= 0.3 is 0 Å². The molecule has 0 saturated heterocycles.